The van der Waals surface area contributed by atoms with E-state index < -0.39 is 6.10 Å². The van der Waals surface area contributed by atoms with Crippen LogP contribution in [0.2, 0.25) is 0 Å². The second-order valence-electron chi connectivity index (χ2n) is 4.94. The van der Waals surface area contributed by atoms with Gasteiger partial charge in [-0.05, 0) is 31.0 Å². The second kappa shape index (κ2) is 7.13. The summed E-state index contributed by atoms with van der Waals surface area (Å²) in [6.07, 6.45) is 3.67. The maximum Gasteiger partial charge on any atom is 0.328 e. The van der Waals surface area contributed by atoms with Gasteiger partial charge in [0.15, 0.2) is 0 Å². The van der Waals surface area contributed by atoms with Gasteiger partial charge in [-0.2, -0.15) is 0 Å². The number of hydrogen-bond acceptors (Lipinski definition) is 3. The number of aromatic nitrogens is 2. The minimum atomic E-state index is -0.712. The summed E-state index contributed by atoms with van der Waals surface area (Å²) in [7, 11) is 0. The molecular weight excluding hydrogens is 268 g/mol. The molecule has 0 radical (unpaired) electrons. The van der Waals surface area contributed by atoms with Crippen molar-refractivity contribution in [1.29, 1.82) is 0 Å². The van der Waals surface area contributed by atoms with Crippen LogP contribution in [0.5, 0.6) is 5.75 Å². The van der Waals surface area contributed by atoms with Crippen molar-refractivity contribution in [3.05, 3.63) is 52.7 Å². The molecule has 1 unspecified atom stereocenters. The second-order valence-corrected chi connectivity index (χ2v) is 4.94. The summed E-state index contributed by atoms with van der Waals surface area (Å²) < 4.78 is 8.56. The molecule has 1 N–H and O–H groups in total. The SMILES string of the molecule is CCCn1ccn(CC(O)c2ccc(OCC)cc2)c1=O. The molecule has 0 aliphatic carbocycles. The Morgan fingerprint density at radius 1 is 1.14 bits per heavy atom. The Hall–Kier alpha value is -2.01. The molecular formula is C16H22N2O3. The van der Waals surface area contributed by atoms with Gasteiger partial charge in [0, 0.05) is 18.9 Å². The lowest BCUT2D eigenvalue weighted by atomic mass is 10.1. The summed E-state index contributed by atoms with van der Waals surface area (Å²) in [5, 5.41) is 10.2. The fourth-order valence-corrected chi connectivity index (χ4v) is 2.25. The zero-order chi connectivity index (χ0) is 15.2. The first kappa shape index (κ1) is 15.4. The molecule has 21 heavy (non-hydrogen) atoms. The van der Waals surface area contributed by atoms with Crippen molar-refractivity contribution in [2.24, 2.45) is 0 Å². The molecule has 1 aromatic carbocycles. The average molecular weight is 290 g/mol. The van der Waals surface area contributed by atoms with E-state index >= 15 is 0 Å². The van der Waals surface area contributed by atoms with E-state index in [-0.39, 0.29) is 12.2 Å². The smallest absolute Gasteiger partial charge is 0.328 e. The number of aliphatic hydroxyl groups is 1. The monoisotopic (exact) mass is 290 g/mol. The third-order valence-electron chi connectivity index (χ3n) is 3.33. The number of rotatable bonds is 7. The van der Waals surface area contributed by atoms with Gasteiger partial charge in [0.05, 0.1) is 19.3 Å². The number of ether oxygens (including phenoxy) is 1. The average Bonchev–Trinajstić information content (AvgIpc) is 2.82. The summed E-state index contributed by atoms with van der Waals surface area (Å²) in [5.74, 6) is 0.778. The van der Waals surface area contributed by atoms with Gasteiger partial charge in [-0.15, -0.1) is 0 Å². The highest BCUT2D eigenvalue weighted by Crippen LogP contribution is 2.18. The molecule has 0 saturated heterocycles. The van der Waals surface area contributed by atoms with Crippen molar-refractivity contribution >= 4 is 0 Å². The van der Waals surface area contributed by atoms with Crippen LogP contribution in [0.25, 0.3) is 0 Å². The largest absolute Gasteiger partial charge is 0.494 e. The van der Waals surface area contributed by atoms with Gasteiger partial charge in [0.2, 0.25) is 0 Å². The predicted molar refractivity (Wildman–Crippen MR) is 81.6 cm³/mol. The first-order valence-corrected chi connectivity index (χ1v) is 7.32. The standard InChI is InChI=1S/C16H22N2O3/c1-3-9-17-10-11-18(16(17)20)12-15(19)13-5-7-14(8-6-13)21-4-2/h5-8,10-11,15,19H,3-4,9,12H2,1-2H3. The van der Waals surface area contributed by atoms with Crippen LogP contribution < -0.4 is 10.4 Å². The van der Waals surface area contributed by atoms with Crippen molar-refractivity contribution in [2.45, 2.75) is 39.5 Å². The summed E-state index contributed by atoms with van der Waals surface area (Å²) in [6, 6.07) is 7.30. The molecule has 2 aromatic rings. The first-order chi connectivity index (χ1) is 10.2. The fraction of sp³-hybridized carbons (Fsp3) is 0.438. The van der Waals surface area contributed by atoms with Gasteiger partial charge in [0.25, 0.3) is 0 Å². The molecule has 0 spiro atoms. The van der Waals surface area contributed by atoms with Crippen LogP contribution in [0.1, 0.15) is 31.9 Å². The van der Waals surface area contributed by atoms with Crippen molar-refractivity contribution in [1.82, 2.24) is 9.13 Å². The first-order valence-electron chi connectivity index (χ1n) is 7.32. The highest BCUT2D eigenvalue weighted by molar-refractivity contribution is 5.28. The van der Waals surface area contributed by atoms with Crippen LogP contribution in [0, 0.1) is 0 Å². The summed E-state index contributed by atoms with van der Waals surface area (Å²) in [6.45, 7) is 5.52. The number of aliphatic hydroxyl groups excluding tert-OH is 1. The van der Waals surface area contributed by atoms with Gasteiger partial charge in [-0.1, -0.05) is 19.1 Å². The number of imidazole rings is 1. The van der Waals surface area contributed by atoms with Gasteiger partial charge in [0.1, 0.15) is 5.75 Å². The summed E-state index contributed by atoms with van der Waals surface area (Å²) in [4.78, 5) is 12.1. The summed E-state index contributed by atoms with van der Waals surface area (Å²) >= 11 is 0. The van der Waals surface area contributed by atoms with E-state index in [0.717, 1.165) is 17.7 Å². The molecule has 0 fully saturated rings. The van der Waals surface area contributed by atoms with Crippen LogP contribution >= 0.6 is 0 Å². The van der Waals surface area contributed by atoms with Crippen LogP contribution in [0.3, 0.4) is 0 Å². The van der Waals surface area contributed by atoms with Crippen LogP contribution in [-0.4, -0.2) is 20.8 Å². The number of nitrogens with zero attached hydrogens (tertiary/aromatic N) is 2. The van der Waals surface area contributed by atoms with Gasteiger partial charge in [-0.3, -0.25) is 9.13 Å². The summed E-state index contributed by atoms with van der Waals surface area (Å²) in [5.41, 5.74) is 0.690. The maximum atomic E-state index is 12.1. The van der Waals surface area contributed by atoms with Crippen molar-refractivity contribution < 1.29 is 9.84 Å². The highest BCUT2D eigenvalue weighted by atomic mass is 16.5. The molecule has 0 bridgehead atoms. The third-order valence-corrected chi connectivity index (χ3v) is 3.33. The van der Waals surface area contributed by atoms with Crippen molar-refractivity contribution in [2.75, 3.05) is 6.61 Å². The van der Waals surface area contributed by atoms with E-state index in [9.17, 15) is 9.90 Å². The third kappa shape index (κ3) is 3.76. The van der Waals surface area contributed by atoms with Crippen LogP contribution in [-0.2, 0) is 13.1 Å². The zero-order valence-electron chi connectivity index (χ0n) is 12.5. The van der Waals surface area contributed by atoms with E-state index in [2.05, 4.69) is 0 Å². The zero-order valence-corrected chi connectivity index (χ0v) is 12.5. The van der Waals surface area contributed by atoms with Gasteiger partial charge >= 0.3 is 5.69 Å². The molecule has 0 aliphatic heterocycles. The minimum absolute atomic E-state index is 0.0816. The van der Waals surface area contributed by atoms with E-state index in [4.69, 9.17) is 4.74 Å². The van der Waals surface area contributed by atoms with E-state index in [1.165, 1.54) is 4.57 Å². The molecule has 114 valence electrons. The molecule has 2 rings (SSSR count). The Morgan fingerprint density at radius 3 is 2.43 bits per heavy atom. The minimum Gasteiger partial charge on any atom is -0.494 e. The Labute approximate surface area is 124 Å². The Kier molecular flexibility index (Phi) is 5.22. The van der Waals surface area contributed by atoms with E-state index in [0.29, 0.717) is 13.2 Å². The molecule has 5 nitrogen and oxygen atoms in total. The van der Waals surface area contributed by atoms with Crippen LogP contribution in [0.4, 0.5) is 0 Å². The molecule has 0 aliphatic rings. The molecule has 1 heterocycles. The van der Waals surface area contributed by atoms with Crippen LogP contribution in [0.15, 0.2) is 41.5 Å². The maximum absolute atomic E-state index is 12.1. The number of aryl methyl sites for hydroxylation is 1. The molecule has 1 aromatic heterocycles. The Morgan fingerprint density at radius 2 is 1.81 bits per heavy atom. The molecule has 5 heteroatoms. The van der Waals surface area contributed by atoms with Gasteiger partial charge < -0.3 is 9.84 Å². The molecule has 0 amide bonds. The fourth-order valence-electron chi connectivity index (χ4n) is 2.25. The predicted octanol–water partition coefficient (Wildman–Crippen LogP) is 2.19. The highest BCUT2D eigenvalue weighted by Gasteiger charge is 2.11. The molecule has 0 saturated carbocycles. The van der Waals surface area contributed by atoms with E-state index in [1.54, 1.807) is 17.0 Å². The van der Waals surface area contributed by atoms with Crippen molar-refractivity contribution in [3.8, 4) is 5.75 Å². The van der Waals surface area contributed by atoms with Crippen molar-refractivity contribution in [3.63, 3.8) is 0 Å². The Balaban J connectivity index is 2.07. The number of hydrogen-bond donors (Lipinski definition) is 1. The Bertz CT molecular complexity index is 613. The lowest BCUT2D eigenvalue weighted by Crippen LogP contribution is -2.26. The lowest BCUT2D eigenvalue weighted by molar-refractivity contribution is 0.154. The topological polar surface area (TPSA) is 56.4 Å². The number of benzene rings is 1. The van der Waals surface area contributed by atoms with Gasteiger partial charge in [-0.25, -0.2) is 4.79 Å². The lowest BCUT2D eigenvalue weighted by Gasteiger charge is -2.12. The van der Waals surface area contributed by atoms with E-state index in [1.807, 2.05) is 38.1 Å². The quantitative estimate of drug-likeness (QED) is 0.850. The normalized spacial score (nSPS) is 12.3. The molecule has 1 atom stereocenters.